The van der Waals surface area contributed by atoms with Crippen molar-refractivity contribution in [3.8, 4) is 0 Å². The SMILES string of the molecule is CC(C)(C)OC(=O)Nc1ccc(NC(=O)c2ccc[nH]2)cc1. The Labute approximate surface area is 128 Å². The van der Waals surface area contributed by atoms with E-state index in [1.54, 1.807) is 63.4 Å². The predicted molar refractivity (Wildman–Crippen MR) is 85.0 cm³/mol. The van der Waals surface area contributed by atoms with Gasteiger partial charge in [-0.1, -0.05) is 0 Å². The van der Waals surface area contributed by atoms with E-state index in [1.165, 1.54) is 0 Å². The average molecular weight is 301 g/mol. The Hall–Kier alpha value is -2.76. The summed E-state index contributed by atoms with van der Waals surface area (Å²) in [4.78, 5) is 26.3. The summed E-state index contributed by atoms with van der Waals surface area (Å²) in [7, 11) is 0. The van der Waals surface area contributed by atoms with E-state index >= 15 is 0 Å². The third-order valence-corrected chi connectivity index (χ3v) is 2.63. The molecule has 0 aliphatic rings. The van der Waals surface area contributed by atoms with Crippen LogP contribution in [0, 0.1) is 0 Å². The minimum Gasteiger partial charge on any atom is -0.444 e. The Morgan fingerprint density at radius 1 is 1.00 bits per heavy atom. The van der Waals surface area contributed by atoms with E-state index < -0.39 is 11.7 Å². The summed E-state index contributed by atoms with van der Waals surface area (Å²) in [5, 5.41) is 5.38. The molecule has 2 amide bonds. The predicted octanol–water partition coefficient (Wildman–Crippen LogP) is 3.61. The van der Waals surface area contributed by atoms with Crippen molar-refractivity contribution in [1.82, 2.24) is 4.98 Å². The summed E-state index contributed by atoms with van der Waals surface area (Å²) in [6.07, 6.45) is 1.17. The van der Waals surface area contributed by atoms with Crippen LogP contribution in [0.15, 0.2) is 42.6 Å². The molecule has 0 spiro atoms. The number of carbonyl (C=O) groups is 2. The van der Waals surface area contributed by atoms with Gasteiger partial charge in [-0.25, -0.2) is 4.79 Å². The van der Waals surface area contributed by atoms with Crippen molar-refractivity contribution in [2.24, 2.45) is 0 Å². The molecule has 3 N–H and O–H groups in total. The lowest BCUT2D eigenvalue weighted by Gasteiger charge is -2.19. The quantitative estimate of drug-likeness (QED) is 0.809. The molecule has 0 unspecified atom stereocenters. The lowest BCUT2D eigenvalue weighted by Crippen LogP contribution is -2.27. The normalized spacial score (nSPS) is 10.9. The molecule has 0 bridgehead atoms. The van der Waals surface area contributed by atoms with Gasteiger partial charge in [0.15, 0.2) is 0 Å². The number of hydrogen-bond acceptors (Lipinski definition) is 3. The summed E-state index contributed by atoms with van der Waals surface area (Å²) in [6.45, 7) is 5.39. The molecule has 6 heteroatoms. The maximum absolute atomic E-state index is 11.9. The van der Waals surface area contributed by atoms with Gasteiger partial charge in [0.05, 0.1) is 0 Å². The molecular formula is C16H19N3O3. The van der Waals surface area contributed by atoms with Gasteiger partial charge in [0.2, 0.25) is 0 Å². The van der Waals surface area contributed by atoms with Gasteiger partial charge in [-0.15, -0.1) is 0 Å². The van der Waals surface area contributed by atoms with Crippen LogP contribution in [0.25, 0.3) is 0 Å². The number of ether oxygens (including phenoxy) is 1. The topological polar surface area (TPSA) is 83.2 Å². The van der Waals surface area contributed by atoms with Gasteiger partial charge in [0.1, 0.15) is 11.3 Å². The molecule has 0 aliphatic heterocycles. The van der Waals surface area contributed by atoms with Crippen molar-refractivity contribution >= 4 is 23.4 Å². The highest BCUT2D eigenvalue weighted by atomic mass is 16.6. The third kappa shape index (κ3) is 4.66. The minimum atomic E-state index is -0.548. The van der Waals surface area contributed by atoms with Crippen molar-refractivity contribution in [1.29, 1.82) is 0 Å². The molecule has 0 radical (unpaired) electrons. The van der Waals surface area contributed by atoms with E-state index in [2.05, 4.69) is 15.6 Å². The van der Waals surface area contributed by atoms with Crippen LogP contribution in [0.4, 0.5) is 16.2 Å². The highest BCUT2D eigenvalue weighted by Crippen LogP contribution is 2.16. The maximum Gasteiger partial charge on any atom is 0.412 e. The average Bonchev–Trinajstić information content (AvgIpc) is 2.92. The molecule has 1 heterocycles. The first-order chi connectivity index (χ1) is 10.3. The zero-order chi connectivity index (χ0) is 16.2. The number of H-pyrrole nitrogens is 1. The van der Waals surface area contributed by atoms with E-state index in [-0.39, 0.29) is 5.91 Å². The zero-order valence-electron chi connectivity index (χ0n) is 12.8. The molecule has 2 rings (SSSR count). The van der Waals surface area contributed by atoms with E-state index in [0.29, 0.717) is 17.1 Å². The molecule has 0 fully saturated rings. The van der Waals surface area contributed by atoms with Crippen LogP contribution in [-0.4, -0.2) is 22.6 Å². The Balaban J connectivity index is 1.93. The van der Waals surface area contributed by atoms with Gasteiger partial charge in [0, 0.05) is 17.6 Å². The summed E-state index contributed by atoms with van der Waals surface area (Å²) in [5.74, 6) is -0.224. The van der Waals surface area contributed by atoms with Crippen molar-refractivity contribution in [2.45, 2.75) is 26.4 Å². The zero-order valence-corrected chi connectivity index (χ0v) is 12.8. The van der Waals surface area contributed by atoms with Crippen molar-refractivity contribution in [2.75, 3.05) is 10.6 Å². The number of aromatic amines is 1. The van der Waals surface area contributed by atoms with Gasteiger partial charge in [0.25, 0.3) is 5.91 Å². The van der Waals surface area contributed by atoms with Gasteiger partial charge in [-0.3, -0.25) is 10.1 Å². The molecule has 6 nitrogen and oxygen atoms in total. The maximum atomic E-state index is 11.9. The van der Waals surface area contributed by atoms with Crippen LogP contribution in [0.1, 0.15) is 31.3 Å². The number of carbonyl (C=O) groups excluding carboxylic acids is 2. The molecule has 1 aromatic heterocycles. The first-order valence-corrected chi connectivity index (χ1v) is 6.88. The fourth-order valence-electron chi connectivity index (χ4n) is 1.73. The van der Waals surface area contributed by atoms with E-state index in [1.807, 2.05) is 0 Å². The summed E-state index contributed by atoms with van der Waals surface area (Å²) in [5.41, 5.74) is 1.16. The number of nitrogens with one attached hydrogen (secondary N) is 3. The van der Waals surface area contributed by atoms with Crippen LogP contribution in [0.2, 0.25) is 0 Å². The van der Waals surface area contributed by atoms with Crippen LogP contribution >= 0.6 is 0 Å². The van der Waals surface area contributed by atoms with Gasteiger partial charge in [-0.05, 0) is 57.2 Å². The summed E-state index contributed by atoms with van der Waals surface area (Å²) in [6, 6.07) is 10.2. The molecule has 0 atom stereocenters. The smallest absolute Gasteiger partial charge is 0.412 e. The van der Waals surface area contributed by atoms with E-state index in [4.69, 9.17) is 4.74 Å². The Bertz CT molecular complexity index is 640. The van der Waals surface area contributed by atoms with Crippen LogP contribution in [0.5, 0.6) is 0 Å². The second kappa shape index (κ2) is 6.34. The molecule has 1 aromatic carbocycles. The number of benzene rings is 1. The fourth-order valence-corrected chi connectivity index (χ4v) is 1.73. The molecule has 0 saturated carbocycles. The number of hydrogen-bond donors (Lipinski definition) is 3. The third-order valence-electron chi connectivity index (χ3n) is 2.63. The molecule has 2 aromatic rings. The Morgan fingerprint density at radius 2 is 1.59 bits per heavy atom. The number of aromatic nitrogens is 1. The first-order valence-electron chi connectivity index (χ1n) is 6.88. The summed E-state index contributed by atoms with van der Waals surface area (Å²) >= 11 is 0. The number of rotatable bonds is 3. The summed E-state index contributed by atoms with van der Waals surface area (Å²) < 4.78 is 5.16. The van der Waals surface area contributed by atoms with Crippen LogP contribution in [0.3, 0.4) is 0 Å². The standard InChI is InChI=1S/C16H19N3O3/c1-16(2,3)22-15(21)19-12-8-6-11(7-9-12)18-14(20)13-5-4-10-17-13/h4-10,17H,1-3H3,(H,18,20)(H,19,21). The second-order valence-corrected chi connectivity index (χ2v) is 5.74. The second-order valence-electron chi connectivity index (χ2n) is 5.74. The van der Waals surface area contributed by atoms with E-state index in [9.17, 15) is 9.59 Å². The molecule has 0 aliphatic carbocycles. The van der Waals surface area contributed by atoms with E-state index in [0.717, 1.165) is 0 Å². The molecule has 22 heavy (non-hydrogen) atoms. The minimum absolute atomic E-state index is 0.224. The van der Waals surface area contributed by atoms with Gasteiger partial charge in [-0.2, -0.15) is 0 Å². The van der Waals surface area contributed by atoms with Crippen molar-refractivity contribution in [3.63, 3.8) is 0 Å². The van der Waals surface area contributed by atoms with Gasteiger partial charge >= 0.3 is 6.09 Å². The van der Waals surface area contributed by atoms with Crippen LogP contribution < -0.4 is 10.6 Å². The Kier molecular flexibility index (Phi) is 4.50. The van der Waals surface area contributed by atoms with Gasteiger partial charge < -0.3 is 15.0 Å². The van der Waals surface area contributed by atoms with Crippen LogP contribution in [-0.2, 0) is 4.74 Å². The molecule has 116 valence electrons. The largest absolute Gasteiger partial charge is 0.444 e. The monoisotopic (exact) mass is 301 g/mol. The molecule has 0 saturated heterocycles. The fraction of sp³-hybridized carbons (Fsp3) is 0.250. The number of anilines is 2. The van der Waals surface area contributed by atoms with Crippen molar-refractivity contribution in [3.05, 3.63) is 48.3 Å². The highest BCUT2D eigenvalue weighted by molar-refractivity contribution is 6.03. The highest BCUT2D eigenvalue weighted by Gasteiger charge is 2.16. The molecular weight excluding hydrogens is 282 g/mol. The Morgan fingerprint density at radius 3 is 2.09 bits per heavy atom. The lowest BCUT2D eigenvalue weighted by atomic mass is 10.2. The van der Waals surface area contributed by atoms with Crippen molar-refractivity contribution < 1.29 is 14.3 Å². The first kappa shape index (κ1) is 15.6. The number of amides is 2. The lowest BCUT2D eigenvalue weighted by molar-refractivity contribution is 0.0635.